The van der Waals surface area contributed by atoms with Gasteiger partial charge in [0.25, 0.3) is 0 Å². The van der Waals surface area contributed by atoms with Crippen LogP contribution < -0.4 is 15.4 Å². The number of aliphatic imine (C=N–C) groups is 1. The number of nitrogens with one attached hydrogen (secondary N) is 2. The molecule has 1 heterocycles. The van der Waals surface area contributed by atoms with Gasteiger partial charge in [-0.2, -0.15) is 0 Å². The van der Waals surface area contributed by atoms with Crippen LogP contribution in [0, 0.1) is 0 Å². The van der Waals surface area contributed by atoms with Crippen molar-refractivity contribution in [3.05, 3.63) is 65.2 Å². The third kappa shape index (κ3) is 8.66. The van der Waals surface area contributed by atoms with Gasteiger partial charge in [0.1, 0.15) is 5.75 Å². The summed E-state index contributed by atoms with van der Waals surface area (Å²) in [5.74, 6) is 1.72. The van der Waals surface area contributed by atoms with Gasteiger partial charge < -0.3 is 20.1 Å². The number of guanidine groups is 1. The van der Waals surface area contributed by atoms with E-state index >= 15 is 0 Å². The second kappa shape index (κ2) is 14.3. The predicted molar refractivity (Wildman–Crippen MR) is 137 cm³/mol. The minimum absolute atomic E-state index is 0. The fourth-order valence-electron chi connectivity index (χ4n) is 3.48. The maximum absolute atomic E-state index is 5.72. The zero-order valence-electron chi connectivity index (χ0n) is 18.6. The maximum Gasteiger partial charge on any atom is 0.191 e. The Labute approximate surface area is 203 Å². The molecule has 0 radical (unpaired) electrons. The van der Waals surface area contributed by atoms with Gasteiger partial charge in [-0.25, -0.2) is 4.99 Å². The van der Waals surface area contributed by atoms with E-state index in [-0.39, 0.29) is 24.0 Å². The van der Waals surface area contributed by atoms with Crippen molar-refractivity contribution in [3.8, 4) is 5.75 Å². The molecule has 0 aliphatic carbocycles. The van der Waals surface area contributed by atoms with Crippen molar-refractivity contribution in [2.75, 3.05) is 39.5 Å². The van der Waals surface area contributed by atoms with Crippen LogP contribution in [0.4, 0.5) is 0 Å². The zero-order valence-corrected chi connectivity index (χ0v) is 20.9. The molecule has 2 aromatic rings. The number of morpholine rings is 1. The molecule has 1 aliphatic rings. The molecule has 0 spiro atoms. The van der Waals surface area contributed by atoms with Gasteiger partial charge in [0.15, 0.2) is 5.96 Å². The standard InChI is InChI=1S/C24H34N4O2.HI/c1-3-25-24(27-18-22-10-5-6-11-23(22)30-4-2)26-17-20-8-7-9-21(16-20)19-28-12-14-29-15-13-28;/h5-11,16H,3-4,12-15,17-19H2,1-2H3,(H2,25,26,27);1H. The summed E-state index contributed by atoms with van der Waals surface area (Å²) in [7, 11) is 0. The lowest BCUT2D eigenvalue weighted by Crippen LogP contribution is -2.36. The summed E-state index contributed by atoms with van der Waals surface area (Å²) in [5.41, 5.74) is 3.67. The summed E-state index contributed by atoms with van der Waals surface area (Å²) in [6.45, 7) is 11.5. The molecule has 1 aliphatic heterocycles. The van der Waals surface area contributed by atoms with Gasteiger partial charge in [0, 0.05) is 38.3 Å². The minimum Gasteiger partial charge on any atom is -0.494 e. The van der Waals surface area contributed by atoms with Crippen LogP contribution in [0.5, 0.6) is 5.75 Å². The fraction of sp³-hybridized carbons (Fsp3) is 0.458. The predicted octanol–water partition coefficient (Wildman–Crippen LogP) is 3.79. The first-order valence-corrected chi connectivity index (χ1v) is 10.9. The van der Waals surface area contributed by atoms with Gasteiger partial charge in [-0.15, -0.1) is 24.0 Å². The smallest absolute Gasteiger partial charge is 0.191 e. The van der Waals surface area contributed by atoms with Crippen molar-refractivity contribution < 1.29 is 9.47 Å². The normalized spacial score (nSPS) is 14.6. The van der Waals surface area contributed by atoms with Crippen molar-refractivity contribution >= 4 is 29.9 Å². The second-order valence-corrected chi connectivity index (χ2v) is 7.30. The quantitative estimate of drug-likeness (QED) is 0.289. The molecule has 0 unspecified atom stereocenters. The molecule has 6 nitrogen and oxygen atoms in total. The third-order valence-corrected chi connectivity index (χ3v) is 4.98. The van der Waals surface area contributed by atoms with Gasteiger partial charge in [-0.05, 0) is 31.0 Å². The Morgan fingerprint density at radius 2 is 1.81 bits per heavy atom. The lowest BCUT2D eigenvalue weighted by molar-refractivity contribution is 0.0342. The molecular formula is C24H35IN4O2. The topological polar surface area (TPSA) is 58.1 Å². The Morgan fingerprint density at radius 1 is 1.03 bits per heavy atom. The molecule has 0 saturated carbocycles. The van der Waals surface area contributed by atoms with Crippen molar-refractivity contribution in [2.45, 2.75) is 33.5 Å². The van der Waals surface area contributed by atoms with E-state index < -0.39 is 0 Å². The Hall–Kier alpha value is -1.84. The molecular weight excluding hydrogens is 503 g/mol. The van der Waals surface area contributed by atoms with Crippen LogP contribution >= 0.6 is 24.0 Å². The van der Waals surface area contributed by atoms with Gasteiger partial charge in [0.05, 0.1) is 26.4 Å². The highest BCUT2D eigenvalue weighted by atomic mass is 127. The van der Waals surface area contributed by atoms with Gasteiger partial charge in [-0.3, -0.25) is 4.90 Å². The summed E-state index contributed by atoms with van der Waals surface area (Å²) < 4.78 is 11.2. The zero-order chi connectivity index (χ0) is 21.0. The first-order chi connectivity index (χ1) is 14.8. The van der Waals surface area contributed by atoms with E-state index in [0.29, 0.717) is 19.7 Å². The number of para-hydroxylation sites is 1. The molecule has 170 valence electrons. The van der Waals surface area contributed by atoms with Crippen LogP contribution in [-0.2, 0) is 24.4 Å². The second-order valence-electron chi connectivity index (χ2n) is 7.30. The van der Waals surface area contributed by atoms with Crippen LogP contribution in [0.1, 0.15) is 30.5 Å². The highest BCUT2D eigenvalue weighted by Gasteiger charge is 2.11. The largest absolute Gasteiger partial charge is 0.494 e. The highest BCUT2D eigenvalue weighted by Crippen LogP contribution is 2.17. The van der Waals surface area contributed by atoms with E-state index in [9.17, 15) is 0 Å². The summed E-state index contributed by atoms with van der Waals surface area (Å²) in [4.78, 5) is 7.22. The molecule has 7 heteroatoms. The summed E-state index contributed by atoms with van der Waals surface area (Å²) in [6, 6.07) is 16.8. The SMILES string of the molecule is CCNC(=NCc1cccc(CN2CCOCC2)c1)NCc1ccccc1OCC.I. The molecule has 1 fully saturated rings. The monoisotopic (exact) mass is 538 g/mol. The Bertz CT molecular complexity index is 810. The van der Waals surface area contributed by atoms with Gasteiger partial charge >= 0.3 is 0 Å². The lowest BCUT2D eigenvalue weighted by Gasteiger charge is -2.26. The van der Waals surface area contributed by atoms with Crippen LogP contribution in [0.2, 0.25) is 0 Å². The van der Waals surface area contributed by atoms with Crippen molar-refractivity contribution in [1.29, 1.82) is 0 Å². The summed E-state index contributed by atoms with van der Waals surface area (Å²) in [6.07, 6.45) is 0. The van der Waals surface area contributed by atoms with Crippen molar-refractivity contribution in [1.82, 2.24) is 15.5 Å². The number of halogens is 1. The molecule has 0 atom stereocenters. The van der Waals surface area contributed by atoms with E-state index in [1.807, 2.05) is 25.1 Å². The van der Waals surface area contributed by atoms with Crippen molar-refractivity contribution in [2.24, 2.45) is 4.99 Å². The average molecular weight is 538 g/mol. The van der Waals surface area contributed by atoms with E-state index in [1.54, 1.807) is 0 Å². The molecule has 0 bridgehead atoms. The Balaban J connectivity index is 0.00000341. The van der Waals surface area contributed by atoms with Crippen LogP contribution in [0.3, 0.4) is 0 Å². The number of rotatable bonds is 9. The van der Waals surface area contributed by atoms with Crippen molar-refractivity contribution in [3.63, 3.8) is 0 Å². The third-order valence-electron chi connectivity index (χ3n) is 4.98. The molecule has 2 N–H and O–H groups in total. The number of hydrogen-bond acceptors (Lipinski definition) is 4. The fourth-order valence-corrected chi connectivity index (χ4v) is 3.48. The molecule has 0 aromatic heterocycles. The van der Waals surface area contributed by atoms with E-state index in [1.165, 1.54) is 11.1 Å². The highest BCUT2D eigenvalue weighted by molar-refractivity contribution is 14.0. The first kappa shape index (κ1) is 25.4. The van der Waals surface area contributed by atoms with E-state index in [2.05, 4.69) is 52.8 Å². The summed E-state index contributed by atoms with van der Waals surface area (Å²) >= 11 is 0. The first-order valence-electron chi connectivity index (χ1n) is 10.9. The Morgan fingerprint density at radius 3 is 2.58 bits per heavy atom. The number of ether oxygens (including phenoxy) is 2. The molecule has 3 rings (SSSR count). The number of benzene rings is 2. The molecule has 1 saturated heterocycles. The van der Waals surface area contributed by atoms with E-state index in [0.717, 1.165) is 56.7 Å². The van der Waals surface area contributed by atoms with Crippen LogP contribution in [0.15, 0.2) is 53.5 Å². The lowest BCUT2D eigenvalue weighted by atomic mass is 10.1. The van der Waals surface area contributed by atoms with Crippen LogP contribution in [-0.4, -0.2) is 50.3 Å². The number of hydrogen-bond donors (Lipinski definition) is 2. The number of nitrogens with zero attached hydrogens (tertiary/aromatic N) is 2. The molecule has 31 heavy (non-hydrogen) atoms. The van der Waals surface area contributed by atoms with E-state index in [4.69, 9.17) is 14.5 Å². The Kier molecular flexibility index (Phi) is 11.7. The van der Waals surface area contributed by atoms with Crippen LogP contribution in [0.25, 0.3) is 0 Å². The molecule has 2 aromatic carbocycles. The maximum atomic E-state index is 5.72. The minimum atomic E-state index is 0. The average Bonchev–Trinajstić information content (AvgIpc) is 2.78. The summed E-state index contributed by atoms with van der Waals surface area (Å²) in [5, 5.41) is 6.75. The van der Waals surface area contributed by atoms with Gasteiger partial charge in [-0.1, -0.05) is 42.5 Å². The van der Waals surface area contributed by atoms with Gasteiger partial charge in [0.2, 0.25) is 0 Å². The molecule has 0 amide bonds.